The highest BCUT2D eigenvalue weighted by atomic mass is 16.2. The second-order valence-electron chi connectivity index (χ2n) is 8.43. The average Bonchev–Trinajstić information content (AvgIpc) is 3.20. The summed E-state index contributed by atoms with van der Waals surface area (Å²) in [5, 5.41) is 4.57. The van der Waals surface area contributed by atoms with Gasteiger partial charge in [-0.2, -0.15) is 0 Å². The van der Waals surface area contributed by atoms with Crippen LogP contribution in [0.25, 0.3) is 0 Å². The molecule has 0 saturated carbocycles. The Bertz CT molecular complexity index is 621. The highest BCUT2D eigenvalue weighted by molar-refractivity contribution is 6.16. The zero-order valence-electron chi connectivity index (χ0n) is 18.1. The molecule has 0 bridgehead atoms. The van der Waals surface area contributed by atoms with Crippen molar-refractivity contribution < 1.29 is 19.2 Å². The summed E-state index contributed by atoms with van der Waals surface area (Å²) in [6.45, 7) is 0. The minimum absolute atomic E-state index is 0.214. The molecule has 0 aromatic heterocycles. The van der Waals surface area contributed by atoms with Crippen molar-refractivity contribution in [3.63, 3.8) is 0 Å². The van der Waals surface area contributed by atoms with Gasteiger partial charge in [-0.15, -0.1) is 0 Å². The number of unbranched alkanes of at least 4 members (excludes halogenated alkanes) is 13. The van der Waals surface area contributed by atoms with Gasteiger partial charge in [0.1, 0.15) is 0 Å². The molecule has 6 heteroatoms. The zero-order valence-corrected chi connectivity index (χ0v) is 18.1. The normalized spacial score (nSPS) is 16.0. The van der Waals surface area contributed by atoms with Crippen molar-refractivity contribution in [1.29, 1.82) is 0 Å². The second-order valence-corrected chi connectivity index (χ2v) is 8.43. The molecule has 0 spiro atoms. The second kappa shape index (κ2) is 13.9. The van der Waals surface area contributed by atoms with Crippen LogP contribution in [-0.2, 0) is 19.2 Å². The Kier molecular flexibility index (Phi) is 11.1. The van der Waals surface area contributed by atoms with E-state index in [0.29, 0.717) is 24.0 Å². The third-order valence-corrected chi connectivity index (χ3v) is 5.81. The van der Waals surface area contributed by atoms with Gasteiger partial charge in [0.15, 0.2) is 0 Å². The zero-order chi connectivity index (χ0) is 21.6. The van der Waals surface area contributed by atoms with E-state index >= 15 is 0 Å². The number of imide groups is 2. The van der Waals surface area contributed by atoms with E-state index in [0.717, 1.165) is 25.7 Å². The molecule has 0 aromatic carbocycles. The lowest BCUT2D eigenvalue weighted by atomic mass is 10.0. The largest absolute Gasteiger partial charge is 0.289 e. The number of hydrogen-bond acceptors (Lipinski definition) is 4. The minimum atomic E-state index is -0.276. The predicted molar refractivity (Wildman–Crippen MR) is 116 cm³/mol. The molecule has 6 nitrogen and oxygen atoms in total. The fourth-order valence-electron chi connectivity index (χ4n) is 4.03. The molecule has 30 heavy (non-hydrogen) atoms. The molecule has 2 heterocycles. The van der Waals surface area contributed by atoms with Crippen LogP contribution in [0.1, 0.15) is 103 Å². The van der Waals surface area contributed by atoms with Gasteiger partial charge in [-0.1, -0.05) is 77.0 Å². The molecule has 0 fully saturated rings. The van der Waals surface area contributed by atoms with Gasteiger partial charge in [0, 0.05) is 23.3 Å². The van der Waals surface area contributed by atoms with Crippen molar-refractivity contribution in [3.05, 3.63) is 23.3 Å². The van der Waals surface area contributed by atoms with E-state index in [1.165, 1.54) is 76.4 Å². The summed E-state index contributed by atoms with van der Waals surface area (Å²) in [6, 6.07) is 0. The minimum Gasteiger partial charge on any atom is -0.289 e. The van der Waals surface area contributed by atoms with Crippen LogP contribution in [0.2, 0.25) is 0 Å². The summed E-state index contributed by atoms with van der Waals surface area (Å²) in [6.07, 6.45) is 21.2. The lowest BCUT2D eigenvalue weighted by molar-refractivity contribution is -0.125. The van der Waals surface area contributed by atoms with Gasteiger partial charge >= 0.3 is 0 Å². The number of nitrogens with one attached hydrogen (secondary N) is 2. The first-order valence-electron chi connectivity index (χ1n) is 11.7. The van der Waals surface area contributed by atoms with Crippen LogP contribution in [0.15, 0.2) is 23.3 Å². The van der Waals surface area contributed by atoms with E-state index in [2.05, 4.69) is 10.6 Å². The standard InChI is InChI=1S/C24H36N2O4/c27-21-17-19(23(29)25-21)15-13-11-9-7-5-3-1-2-4-6-8-10-12-14-16-20-18-22(28)26-24(20)30/h17-18H,1-16H2,(H,25,27,29)(H,26,28,30). The number of carbonyl (C=O) groups is 4. The van der Waals surface area contributed by atoms with Gasteiger partial charge in [0.05, 0.1) is 0 Å². The predicted octanol–water partition coefficient (Wildman–Crippen LogP) is 4.39. The van der Waals surface area contributed by atoms with E-state index in [1.807, 2.05) is 0 Å². The van der Waals surface area contributed by atoms with Crippen LogP contribution in [0.3, 0.4) is 0 Å². The van der Waals surface area contributed by atoms with Crippen LogP contribution in [0.4, 0.5) is 0 Å². The van der Waals surface area contributed by atoms with Crippen LogP contribution in [-0.4, -0.2) is 23.6 Å². The molecule has 2 aliphatic rings. The topological polar surface area (TPSA) is 92.3 Å². The van der Waals surface area contributed by atoms with E-state index in [4.69, 9.17) is 0 Å². The Morgan fingerprint density at radius 3 is 0.933 bits per heavy atom. The number of amides is 4. The average molecular weight is 417 g/mol. The van der Waals surface area contributed by atoms with Crippen LogP contribution >= 0.6 is 0 Å². The SMILES string of the molecule is O=C1C=C(CCCCCCCCCCCCCCCCC2=CC(=O)NC2=O)C(=O)N1. The molecular weight excluding hydrogens is 380 g/mol. The van der Waals surface area contributed by atoms with Gasteiger partial charge < -0.3 is 0 Å². The maximum absolute atomic E-state index is 11.4. The Morgan fingerprint density at radius 1 is 0.433 bits per heavy atom. The summed E-state index contributed by atoms with van der Waals surface area (Å²) in [5.74, 6) is -0.982. The smallest absolute Gasteiger partial charge is 0.254 e. The van der Waals surface area contributed by atoms with Crippen molar-refractivity contribution >= 4 is 23.6 Å². The third kappa shape index (κ3) is 9.51. The molecule has 0 atom stereocenters. The molecule has 0 saturated heterocycles. The van der Waals surface area contributed by atoms with Crippen LogP contribution in [0, 0.1) is 0 Å². The van der Waals surface area contributed by atoms with Gasteiger partial charge in [0.2, 0.25) is 0 Å². The van der Waals surface area contributed by atoms with E-state index in [1.54, 1.807) is 0 Å². The summed E-state index contributed by atoms with van der Waals surface area (Å²) >= 11 is 0. The molecule has 0 radical (unpaired) electrons. The van der Waals surface area contributed by atoms with E-state index in [9.17, 15) is 19.2 Å². The first kappa shape index (κ1) is 24.0. The first-order valence-corrected chi connectivity index (χ1v) is 11.7. The molecule has 166 valence electrons. The number of hydrogen-bond donors (Lipinski definition) is 2. The Hall–Kier alpha value is -2.24. The Morgan fingerprint density at radius 2 is 0.700 bits per heavy atom. The fraction of sp³-hybridized carbons (Fsp3) is 0.667. The molecular formula is C24H36N2O4. The summed E-state index contributed by atoms with van der Waals surface area (Å²) in [7, 11) is 0. The van der Waals surface area contributed by atoms with Gasteiger partial charge in [-0.25, -0.2) is 0 Å². The van der Waals surface area contributed by atoms with Crippen LogP contribution < -0.4 is 10.6 Å². The summed E-state index contributed by atoms with van der Waals surface area (Å²) < 4.78 is 0. The fourth-order valence-corrected chi connectivity index (χ4v) is 4.03. The highest BCUT2D eigenvalue weighted by Gasteiger charge is 2.20. The molecule has 2 N–H and O–H groups in total. The summed E-state index contributed by atoms with van der Waals surface area (Å²) in [4.78, 5) is 44.9. The van der Waals surface area contributed by atoms with Crippen molar-refractivity contribution in [1.82, 2.24) is 10.6 Å². The van der Waals surface area contributed by atoms with Crippen molar-refractivity contribution in [2.75, 3.05) is 0 Å². The molecule has 2 aliphatic heterocycles. The van der Waals surface area contributed by atoms with Gasteiger partial charge in [0.25, 0.3) is 23.6 Å². The van der Waals surface area contributed by atoms with Gasteiger partial charge in [-0.3, -0.25) is 29.8 Å². The highest BCUT2D eigenvalue weighted by Crippen LogP contribution is 2.17. The molecule has 0 unspecified atom stereocenters. The first-order chi connectivity index (χ1) is 14.6. The lowest BCUT2D eigenvalue weighted by Gasteiger charge is -2.04. The number of carbonyl (C=O) groups excluding carboxylic acids is 4. The maximum Gasteiger partial charge on any atom is 0.254 e. The molecule has 0 aliphatic carbocycles. The quantitative estimate of drug-likeness (QED) is 0.272. The maximum atomic E-state index is 11.4. The van der Waals surface area contributed by atoms with Crippen molar-refractivity contribution in [3.8, 4) is 0 Å². The Balaban J connectivity index is 1.28. The third-order valence-electron chi connectivity index (χ3n) is 5.81. The monoisotopic (exact) mass is 416 g/mol. The van der Waals surface area contributed by atoms with Crippen molar-refractivity contribution in [2.24, 2.45) is 0 Å². The van der Waals surface area contributed by atoms with Crippen molar-refractivity contribution in [2.45, 2.75) is 103 Å². The molecule has 2 rings (SSSR count). The number of rotatable bonds is 17. The van der Waals surface area contributed by atoms with Gasteiger partial charge in [-0.05, 0) is 25.7 Å². The Labute approximate surface area is 179 Å². The lowest BCUT2D eigenvalue weighted by Crippen LogP contribution is -2.22. The van der Waals surface area contributed by atoms with E-state index < -0.39 is 0 Å². The van der Waals surface area contributed by atoms with E-state index in [-0.39, 0.29) is 23.6 Å². The molecule has 4 amide bonds. The van der Waals surface area contributed by atoms with Crippen LogP contribution in [0.5, 0.6) is 0 Å². The summed E-state index contributed by atoms with van der Waals surface area (Å²) in [5.41, 5.74) is 1.27. The molecule has 0 aromatic rings.